The summed E-state index contributed by atoms with van der Waals surface area (Å²) < 4.78 is 0. The van der Waals surface area contributed by atoms with E-state index in [2.05, 4.69) is 48.7 Å². The molecule has 0 aromatic heterocycles. The third-order valence-electron chi connectivity index (χ3n) is 5.10. The van der Waals surface area contributed by atoms with Crippen LogP contribution in [0.4, 0.5) is 5.69 Å². The maximum Gasteiger partial charge on any atom is 0.336 e. The van der Waals surface area contributed by atoms with E-state index in [1.807, 2.05) is 0 Å². The van der Waals surface area contributed by atoms with Crippen LogP contribution in [0.15, 0.2) is 48.6 Å². The molecule has 0 saturated carbocycles. The van der Waals surface area contributed by atoms with Crippen molar-refractivity contribution in [2.45, 2.75) is 25.3 Å². The van der Waals surface area contributed by atoms with Gasteiger partial charge >= 0.3 is 5.97 Å². The van der Waals surface area contributed by atoms with Gasteiger partial charge in [-0.1, -0.05) is 53.6 Å². The third kappa shape index (κ3) is 2.31. The molecule has 2 aliphatic rings. The first-order valence-corrected chi connectivity index (χ1v) is 8.49. The Morgan fingerprint density at radius 2 is 2.12 bits per heavy atom. The number of benzene rings is 2. The summed E-state index contributed by atoms with van der Waals surface area (Å²) >= 11 is 6.41. The normalized spacial score (nSPS) is 24.2. The maximum absolute atomic E-state index is 11.7. The largest absolute Gasteiger partial charge is 0.478 e. The molecule has 0 fully saturated rings. The van der Waals surface area contributed by atoms with Crippen molar-refractivity contribution in [2.75, 3.05) is 5.32 Å². The van der Waals surface area contributed by atoms with Crippen LogP contribution in [-0.4, -0.2) is 11.1 Å². The Kier molecular flexibility index (Phi) is 3.61. The van der Waals surface area contributed by atoms with Crippen LogP contribution < -0.4 is 5.32 Å². The summed E-state index contributed by atoms with van der Waals surface area (Å²) in [4.78, 5) is 11.7. The van der Waals surface area contributed by atoms with Crippen LogP contribution in [0.1, 0.15) is 45.4 Å². The van der Waals surface area contributed by atoms with E-state index < -0.39 is 5.97 Å². The quantitative estimate of drug-likeness (QED) is 0.742. The van der Waals surface area contributed by atoms with Gasteiger partial charge in [0.25, 0.3) is 0 Å². The molecule has 4 rings (SSSR count). The van der Waals surface area contributed by atoms with Crippen molar-refractivity contribution in [3.63, 3.8) is 0 Å². The van der Waals surface area contributed by atoms with Crippen molar-refractivity contribution in [3.8, 4) is 0 Å². The number of hydrogen-bond acceptors (Lipinski definition) is 2. The van der Waals surface area contributed by atoms with Crippen LogP contribution in [0.2, 0.25) is 5.02 Å². The summed E-state index contributed by atoms with van der Waals surface area (Å²) in [6.45, 7) is 2.08. The highest BCUT2D eigenvalue weighted by atomic mass is 35.5. The number of nitrogens with one attached hydrogen (secondary N) is 1. The molecule has 2 aromatic carbocycles. The number of rotatable bonds is 2. The SMILES string of the molecule is Cc1cccc([C@@H]2Nc3c(Cl)ccc(C(=O)O)c3[C@@H]3C=CC[C@@H]32)c1. The van der Waals surface area contributed by atoms with Gasteiger partial charge < -0.3 is 10.4 Å². The second-order valence-corrected chi connectivity index (χ2v) is 6.99. The Hall–Kier alpha value is -2.26. The molecule has 1 aliphatic carbocycles. The molecule has 0 amide bonds. The van der Waals surface area contributed by atoms with Crippen molar-refractivity contribution in [2.24, 2.45) is 5.92 Å². The summed E-state index contributed by atoms with van der Waals surface area (Å²) in [6, 6.07) is 11.9. The molecule has 24 heavy (non-hydrogen) atoms. The van der Waals surface area contributed by atoms with Crippen LogP contribution >= 0.6 is 11.6 Å². The molecule has 0 saturated heterocycles. The van der Waals surface area contributed by atoms with Crippen molar-refractivity contribution >= 4 is 23.3 Å². The molecule has 2 aromatic rings. The minimum atomic E-state index is -0.905. The van der Waals surface area contributed by atoms with Gasteiger partial charge in [0, 0.05) is 5.92 Å². The number of aryl methyl sites for hydroxylation is 1. The second kappa shape index (κ2) is 5.67. The van der Waals surface area contributed by atoms with Crippen molar-refractivity contribution in [1.29, 1.82) is 0 Å². The van der Waals surface area contributed by atoms with Gasteiger partial charge in [-0.2, -0.15) is 0 Å². The molecule has 0 unspecified atom stereocenters. The first-order valence-electron chi connectivity index (χ1n) is 8.11. The van der Waals surface area contributed by atoms with Gasteiger partial charge in [0.1, 0.15) is 0 Å². The molecule has 0 bridgehead atoms. The van der Waals surface area contributed by atoms with Gasteiger partial charge in [-0.3, -0.25) is 0 Å². The maximum atomic E-state index is 11.7. The lowest BCUT2D eigenvalue weighted by Gasteiger charge is -2.38. The van der Waals surface area contributed by atoms with Crippen LogP contribution in [0, 0.1) is 12.8 Å². The summed E-state index contributed by atoms with van der Waals surface area (Å²) in [5.74, 6) is -0.523. The third-order valence-corrected chi connectivity index (χ3v) is 5.42. The van der Waals surface area contributed by atoms with Crippen LogP contribution in [0.3, 0.4) is 0 Å². The lowest BCUT2D eigenvalue weighted by Crippen LogP contribution is -2.30. The molecule has 1 heterocycles. The predicted molar refractivity (Wildman–Crippen MR) is 95.9 cm³/mol. The highest BCUT2D eigenvalue weighted by Crippen LogP contribution is 2.52. The fraction of sp³-hybridized carbons (Fsp3) is 0.250. The average Bonchev–Trinajstić information content (AvgIpc) is 3.04. The van der Waals surface area contributed by atoms with E-state index in [1.165, 1.54) is 11.1 Å². The second-order valence-electron chi connectivity index (χ2n) is 6.58. The van der Waals surface area contributed by atoms with E-state index >= 15 is 0 Å². The standard InChI is InChI=1S/C20H18ClNO2/c1-11-4-2-5-12(10-11)18-14-7-3-6-13(14)17-15(20(23)24)8-9-16(21)19(17)22-18/h2-6,8-10,13-14,18,22H,7H2,1H3,(H,23,24)/t13-,14+,18+/m1/s1. The monoisotopic (exact) mass is 339 g/mol. The molecule has 3 atom stereocenters. The Bertz CT molecular complexity index is 859. The molecule has 4 heteroatoms. The lowest BCUT2D eigenvalue weighted by molar-refractivity contribution is 0.0695. The Balaban J connectivity index is 1.88. The van der Waals surface area contributed by atoms with Crippen molar-refractivity contribution in [1.82, 2.24) is 0 Å². The van der Waals surface area contributed by atoms with Gasteiger partial charge in [-0.05, 0) is 42.5 Å². The number of aromatic carboxylic acids is 1. The van der Waals surface area contributed by atoms with E-state index in [0.717, 1.165) is 17.7 Å². The fourth-order valence-corrected chi connectivity index (χ4v) is 4.27. The van der Waals surface area contributed by atoms with E-state index in [4.69, 9.17) is 11.6 Å². The summed E-state index contributed by atoms with van der Waals surface area (Å²) in [5.41, 5.74) is 4.35. The van der Waals surface area contributed by atoms with Crippen LogP contribution in [-0.2, 0) is 0 Å². The zero-order valence-electron chi connectivity index (χ0n) is 13.3. The number of fused-ring (bicyclic) bond motifs is 3. The molecule has 1 aliphatic heterocycles. The minimum absolute atomic E-state index is 0.0802. The number of carboxylic acids is 1. The fourth-order valence-electron chi connectivity index (χ4n) is 4.05. The molecule has 2 N–H and O–H groups in total. The van der Waals surface area contributed by atoms with Crippen molar-refractivity contribution < 1.29 is 9.90 Å². The molecular formula is C20H18ClNO2. The number of allylic oxidation sites excluding steroid dienone is 2. The van der Waals surface area contributed by atoms with Crippen LogP contribution in [0.5, 0.6) is 0 Å². The Labute approximate surface area is 146 Å². The molecule has 0 radical (unpaired) electrons. The van der Waals surface area contributed by atoms with E-state index in [0.29, 0.717) is 16.5 Å². The van der Waals surface area contributed by atoms with Gasteiger partial charge in [-0.15, -0.1) is 0 Å². The van der Waals surface area contributed by atoms with E-state index in [-0.39, 0.29) is 12.0 Å². The first-order chi connectivity index (χ1) is 11.6. The minimum Gasteiger partial charge on any atom is -0.478 e. The molecule has 122 valence electrons. The van der Waals surface area contributed by atoms with Gasteiger partial charge in [0.2, 0.25) is 0 Å². The van der Waals surface area contributed by atoms with Gasteiger partial charge in [0.15, 0.2) is 0 Å². The molecular weight excluding hydrogens is 322 g/mol. The molecule has 0 spiro atoms. The highest BCUT2D eigenvalue weighted by Gasteiger charge is 2.40. The average molecular weight is 340 g/mol. The van der Waals surface area contributed by atoms with Crippen molar-refractivity contribution in [3.05, 3.63) is 75.8 Å². The highest BCUT2D eigenvalue weighted by molar-refractivity contribution is 6.33. The first kappa shape index (κ1) is 15.3. The van der Waals surface area contributed by atoms with Gasteiger partial charge in [-0.25, -0.2) is 4.79 Å². The number of carbonyl (C=O) groups is 1. The summed E-state index contributed by atoms with van der Waals surface area (Å²) in [5, 5.41) is 13.7. The molecule has 3 nitrogen and oxygen atoms in total. The number of hydrogen-bond donors (Lipinski definition) is 2. The predicted octanol–water partition coefficient (Wildman–Crippen LogP) is 5.17. The van der Waals surface area contributed by atoms with Crippen LogP contribution in [0.25, 0.3) is 0 Å². The van der Waals surface area contributed by atoms with E-state index in [1.54, 1.807) is 12.1 Å². The summed E-state index contributed by atoms with van der Waals surface area (Å²) in [7, 11) is 0. The smallest absolute Gasteiger partial charge is 0.336 e. The summed E-state index contributed by atoms with van der Waals surface area (Å²) in [6.07, 6.45) is 5.22. The Morgan fingerprint density at radius 1 is 1.29 bits per heavy atom. The number of halogens is 1. The van der Waals surface area contributed by atoms with E-state index in [9.17, 15) is 9.90 Å². The number of anilines is 1. The Morgan fingerprint density at radius 3 is 2.88 bits per heavy atom. The zero-order valence-corrected chi connectivity index (χ0v) is 14.0. The number of carboxylic acid groups (broad SMARTS) is 1. The lowest BCUT2D eigenvalue weighted by atomic mass is 9.75. The zero-order chi connectivity index (χ0) is 16.8. The van der Waals surface area contributed by atoms with Gasteiger partial charge in [0.05, 0.1) is 22.3 Å². The topological polar surface area (TPSA) is 49.3 Å².